The van der Waals surface area contributed by atoms with Gasteiger partial charge in [-0.3, -0.25) is 0 Å². The molecule has 5 rings (SSSR count). The average molecular weight is 454 g/mol. The van der Waals surface area contributed by atoms with Crippen LogP contribution in [0.1, 0.15) is 55.3 Å². The number of nitrogens with zero attached hydrogens (tertiary/aromatic N) is 3. The van der Waals surface area contributed by atoms with Gasteiger partial charge in [-0.05, 0) is 43.7 Å². The van der Waals surface area contributed by atoms with Crippen molar-refractivity contribution < 1.29 is 4.74 Å². The van der Waals surface area contributed by atoms with Gasteiger partial charge in [0.05, 0.1) is 11.8 Å². The van der Waals surface area contributed by atoms with Crippen LogP contribution in [0.25, 0.3) is 0 Å². The molecule has 4 nitrogen and oxygen atoms in total. The first kappa shape index (κ1) is 19.1. The summed E-state index contributed by atoms with van der Waals surface area (Å²) in [5, 5.41) is 7.48. The van der Waals surface area contributed by atoms with E-state index in [1.54, 1.807) is 0 Å². The molecule has 1 atom stereocenters. The van der Waals surface area contributed by atoms with Gasteiger partial charge in [0.2, 0.25) is 5.72 Å². The van der Waals surface area contributed by atoms with Gasteiger partial charge in [-0.1, -0.05) is 52.7 Å². The molecule has 3 aliphatic rings. The van der Waals surface area contributed by atoms with Gasteiger partial charge in [-0.25, -0.2) is 5.01 Å². The molecule has 1 saturated heterocycles. The Bertz CT molecular complexity index is 932. The SMILES string of the molecule is CCCN1CCC2(CC1)Oc1ccc(Br)cc1[C@H]1CC(c3ccc(C)cc3)=NN12. The first-order valence-corrected chi connectivity index (χ1v) is 11.5. The van der Waals surface area contributed by atoms with E-state index in [0.717, 1.165) is 42.6 Å². The molecule has 1 fully saturated rings. The molecule has 2 aromatic carbocycles. The fraction of sp³-hybridized carbons (Fsp3) is 0.458. The van der Waals surface area contributed by atoms with Crippen LogP contribution in [0, 0.1) is 6.92 Å². The van der Waals surface area contributed by atoms with Crippen LogP contribution in [0.4, 0.5) is 0 Å². The summed E-state index contributed by atoms with van der Waals surface area (Å²) in [6.45, 7) is 7.69. The van der Waals surface area contributed by atoms with Gasteiger partial charge < -0.3 is 9.64 Å². The van der Waals surface area contributed by atoms with Crippen molar-refractivity contribution in [3.05, 3.63) is 63.6 Å². The van der Waals surface area contributed by atoms with E-state index in [0.29, 0.717) is 0 Å². The Morgan fingerprint density at radius 3 is 2.62 bits per heavy atom. The third kappa shape index (κ3) is 3.38. The number of hydrogen-bond donors (Lipinski definition) is 0. The summed E-state index contributed by atoms with van der Waals surface area (Å²) in [5.74, 6) is 1.03. The maximum absolute atomic E-state index is 6.73. The third-order valence-corrected chi connectivity index (χ3v) is 7.01. The van der Waals surface area contributed by atoms with Gasteiger partial charge in [0.15, 0.2) is 0 Å². The van der Waals surface area contributed by atoms with Crippen molar-refractivity contribution in [2.45, 2.75) is 51.3 Å². The summed E-state index contributed by atoms with van der Waals surface area (Å²) in [5.41, 5.74) is 4.58. The lowest BCUT2D eigenvalue weighted by Crippen LogP contribution is -2.59. The molecule has 3 heterocycles. The second-order valence-electron chi connectivity index (χ2n) is 8.55. The molecule has 0 unspecified atom stereocenters. The minimum absolute atomic E-state index is 0.241. The van der Waals surface area contributed by atoms with E-state index in [1.807, 2.05) is 0 Å². The lowest BCUT2D eigenvalue weighted by atomic mass is 9.90. The van der Waals surface area contributed by atoms with Crippen molar-refractivity contribution in [1.82, 2.24) is 9.91 Å². The Hall–Kier alpha value is -1.85. The molecule has 3 aliphatic heterocycles. The topological polar surface area (TPSA) is 28.1 Å². The molecule has 0 bridgehead atoms. The van der Waals surface area contributed by atoms with E-state index in [-0.39, 0.29) is 11.8 Å². The molecule has 2 aromatic rings. The van der Waals surface area contributed by atoms with Crippen molar-refractivity contribution in [1.29, 1.82) is 0 Å². The predicted molar refractivity (Wildman–Crippen MR) is 120 cm³/mol. The van der Waals surface area contributed by atoms with E-state index in [4.69, 9.17) is 9.84 Å². The van der Waals surface area contributed by atoms with Gasteiger partial charge >= 0.3 is 0 Å². The fourth-order valence-electron chi connectivity index (χ4n) is 4.95. The molecule has 0 saturated carbocycles. The number of aryl methyl sites for hydroxylation is 1. The normalized spacial score (nSPS) is 22.8. The molecule has 1 spiro atoms. The van der Waals surface area contributed by atoms with Crippen LogP contribution in [0.15, 0.2) is 52.0 Å². The Morgan fingerprint density at radius 2 is 1.90 bits per heavy atom. The molecule has 0 N–H and O–H groups in total. The average Bonchev–Trinajstić information content (AvgIpc) is 3.18. The standard InChI is InChI=1S/C24H28BrN3O/c1-3-12-27-13-10-24(11-14-27)28-22(20-15-19(25)8-9-23(20)29-24)16-21(26-28)18-6-4-17(2)5-7-18/h4-9,15,22H,3,10-14,16H2,1-2H3/t22-/m1/s1. The largest absolute Gasteiger partial charge is 0.466 e. The van der Waals surface area contributed by atoms with E-state index in [2.05, 4.69) is 82.2 Å². The van der Waals surface area contributed by atoms with E-state index < -0.39 is 0 Å². The maximum Gasteiger partial charge on any atom is 0.200 e. The Labute approximate surface area is 181 Å². The van der Waals surface area contributed by atoms with Crippen molar-refractivity contribution >= 4 is 21.6 Å². The van der Waals surface area contributed by atoms with Crippen LogP contribution >= 0.6 is 15.9 Å². The number of benzene rings is 2. The highest BCUT2D eigenvalue weighted by Crippen LogP contribution is 2.50. The number of piperidine rings is 1. The maximum atomic E-state index is 6.73. The molecule has 0 aromatic heterocycles. The number of likely N-dealkylation sites (tertiary alicyclic amines) is 1. The van der Waals surface area contributed by atoms with Gasteiger partial charge in [0, 0.05) is 42.4 Å². The van der Waals surface area contributed by atoms with Crippen LogP contribution in [0.3, 0.4) is 0 Å². The third-order valence-electron chi connectivity index (χ3n) is 6.52. The number of rotatable bonds is 3. The highest BCUT2D eigenvalue weighted by Gasteiger charge is 2.51. The minimum Gasteiger partial charge on any atom is -0.466 e. The van der Waals surface area contributed by atoms with Crippen LogP contribution in [-0.2, 0) is 0 Å². The van der Waals surface area contributed by atoms with Gasteiger partial charge in [0.25, 0.3) is 0 Å². The van der Waals surface area contributed by atoms with Gasteiger partial charge in [0.1, 0.15) is 5.75 Å². The van der Waals surface area contributed by atoms with Crippen molar-refractivity contribution in [2.24, 2.45) is 5.10 Å². The second kappa shape index (κ2) is 7.44. The molecular formula is C24H28BrN3O. The van der Waals surface area contributed by atoms with E-state index in [1.165, 1.54) is 35.4 Å². The number of fused-ring (bicyclic) bond motifs is 4. The summed E-state index contributed by atoms with van der Waals surface area (Å²) in [6.07, 6.45) is 4.11. The van der Waals surface area contributed by atoms with Gasteiger partial charge in [-0.2, -0.15) is 5.10 Å². The molecule has 152 valence electrons. The van der Waals surface area contributed by atoms with E-state index >= 15 is 0 Å². The summed E-state index contributed by atoms with van der Waals surface area (Å²) in [7, 11) is 0. The second-order valence-corrected chi connectivity index (χ2v) is 9.46. The molecule has 5 heteroatoms. The lowest BCUT2D eigenvalue weighted by molar-refractivity contribution is -0.149. The number of halogens is 1. The van der Waals surface area contributed by atoms with Crippen molar-refractivity contribution in [3.63, 3.8) is 0 Å². The zero-order valence-electron chi connectivity index (χ0n) is 17.2. The van der Waals surface area contributed by atoms with E-state index in [9.17, 15) is 0 Å². The van der Waals surface area contributed by atoms with Crippen LogP contribution < -0.4 is 4.74 Å². The number of hydrogen-bond acceptors (Lipinski definition) is 4. The highest BCUT2D eigenvalue weighted by molar-refractivity contribution is 9.10. The zero-order chi connectivity index (χ0) is 20.0. The molecule has 0 radical (unpaired) electrons. The zero-order valence-corrected chi connectivity index (χ0v) is 18.8. The minimum atomic E-state index is -0.331. The summed E-state index contributed by atoms with van der Waals surface area (Å²) < 4.78 is 7.83. The van der Waals surface area contributed by atoms with Crippen LogP contribution in [-0.4, -0.2) is 41.0 Å². The number of hydrazone groups is 1. The molecular weight excluding hydrogens is 426 g/mol. The quantitative estimate of drug-likeness (QED) is 0.613. The van der Waals surface area contributed by atoms with Crippen molar-refractivity contribution in [3.8, 4) is 5.75 Å². The number of ether oxygens (including phenoxy) is 1. The highest BCUT2D eigenvalue weighted by atomic mass is 79.9. The fourth-order valence-corrected chi connectivity index (χ4v) is 5.32. The lowest BCUT2D eigenvalue weighted by Gasteiger charge is -2.51. The molecule has 0 aliphatic carbocycles. The summed E-state index contributed by atoms with van der Waals surface area (Å²) >= 11 is 3.65. The Kier molecular flexibility index (Phi) is 4.91. The summed E-state index contributed by atoms with van der Waals surface area (Å²) in [6, 6.07) is 15.4. The monoisotopic (exact) mass is 453 g/mol. The Morgan fingerprint density at radius 1 is 1.14 bits per heavy atom. The molecule has 0 amide bonds. The van der Waals surface area contributed by atoms with Crippen molar-refractivity contribution in [2.75, 3.05) is 19.6 Å². The molecule has 29 heavy (non-hydrogen) atoms. The Balaban J connectivity index is 1.52. The first-order chi connectivity index (χ1) is 14.1. The van der Waals surface area contributed by atoms with Crippen LogP contribution in [0.2, 0.25) is 0 Å². The first-order valence-electron chi connectivity index (χ1n) is 10.7. The van der Waals surface area contributed by atoms with Crippen LogP contribution in [0.5, 0.6) is 5.75 Å². The predicted octanol–water partition coefficient (Wildman–Crippen LogP) is 5.50. The summed E-state index contributed by atoms with van der Waals surface area (Å²) in [4.78, 5) is 2.56. The smallest absolute Gasteiger partial charge is 0.200 e. The van der Waals surface area contributed by atoms with Gasteiger partial charge in [-0.15, -0.1) is 0 Å².